The van der Waals surface area contributed by atoms with Crippen LogP contribution < -0.4 is 0 Å². The van der Waals surface area contributed by atoms with Crippen molar-refractivity contribution < 1.29 is 0 Å². The van der Waals surface area contributed by atoms with Crippen molar-refractivity contribution in [3.05, 3.63) is 39.3 Å². The van der Waals surface area contributed by atoms with E-state index in [2.05, 4.69) is 31.9 Å². The van der Waals surface area contributed by atoms with E-state index in [9.17, 15) is 0 Å². The minimum absolute atomic E-state index is 0.742. The lowest BCUT2D eigenvalue weighted by Gasteiger charge is -1.96. The van der Waals surface area contributed by atoms with Crippen LogP contribution in [0.25, 0.3) is 6.08 Å². The third-order valence-electron chi connectivity index (χ3n) is 1.34. The topological polar surface area (TPSA) is 0 Å². The summed E-state index contributed by atoms with van der Waals surface area (Å²) in [7, 11) is 0. The van der Waals surface area contributed by atoms with Gasteiger partial charge >= 0.3 is 0 Å². The second kappa shape index (κ2) is 5.05. The Balaban J connectivity index is 2.89. The summed E-state index contributed by atoms with van der Waals surface area (Å²) in [5.41, 5.74) is 1.14. The first-order valence-corrected chi connectivity index (χ1v) is 5.71. The molecule has 64 valence electrons. The summed E-state index contributed by atoms with van der Waals surface area (Å²) >= 11 is 12.5. The molecular formula is C9H7Br2Cl. The molecule has 0 saturated heterocycles. The largest absolute Gasteiger partial charge is 0.0883 e. The summed E-state index contributed by atoms with van der Waals surface area (Å²) in [6, 6.07) is 5.84. The van der Waals surface area contributed by atoms with Crippen LogP contribution >= 0.6 is 43.5 Å². The Morgan fingerprint density at radius 2 is 2.17 bits per heavy atom. The van der Waals surface area contributed by atoms with Crippen LogP contribution in [0.1, 0.15) is 5.56 Å². The van der Waals surface area contributed by atoms with Crippen LogP contribution in [-0.4, -0.2) is 5.33 Å². The van der Waals surface area contributed by atoms with Gasteiger partial charge in [0.15, 0.2) is 0 Å². The summed E-state index contributed by atoms with van der Waals surface area (Å²) < 4.78 is 0.931. The summed E-state index contributed by atoms with van der Waals surface area (Å²) in [4.78, 5) is 0. The first kappa shape index (κ1) is 10.3. The zero-order valence-corrected chi connectivity index (χ0v) is 10.2. The van der Waals surface area contributed by atoms with Crippen LogP contribution in [0.4, 0.5) is 0 Å². The van der Waals surface area contributed by atoms with Crippen molar-refractivity contribution in [2.24, 2.45) is 0 Å². The molecule has 1 aromatic carbocycles. The zero-order chi connectivity index (χ0) is 8.97. The molecule has 1 rings (SSSR count). The molecule has 0 saturated carbocycles. The molecule has 0 amide bonds. The molecule has 0 unspecified atom stereocenters. The fourth-order valence-corrected chi connectivity index (χ4v) is 1.50. The highest BCUT2D eigenvalue weighted by Crippen LogP contribution is 2.23. The highest BCUT2D eigenvalue weighted by Gasteiger charge is 1.95. The molecule has 0 radical (unpaired) electrons. The molecule has 0 N–H and O–H groups in total. The van der Waals surface area contributed by atoms with Gasteiger partial charge in [-0.25, -0.2) is 0 Å². The first-order chi connectivity index (χ1) is 5.74. The Morgan fingerprint density at radius 3 is 2.75 bits per heavy atom. The second-order valence-electron chi connectivity index (χ2n) is 2.23. The van der Waals surface area contributed by atoms with Crippen molar-refractivity contribution >= 4 is 49.5 Å². The first-order valence-electron chi connectivity index (χ1n) is 3.41. The van der Waals surface area contributed by atoms with Gasteiger partial charge in [0.1, 0.15) is 0 Å². The van der Waals surface area contributed by atoms with Gasteiger partial charge in [0, 0.05) is 9.80 Å². The molecule has 0 nitrogen and oxygen atoms in total. The van der Waals surface area contributed by atoms with E-state index in [0.717, 1.165) is 20.4 Å². The third-order valence-corrected chi connectivity index (χ3v) is 2.93. The molecule has 1 aromatic rings. The minimum Gasteiger partial charge on any atom is -0.0883 e. The summed E-state index contributed by atoms with van der Waals surface area (Å²) in [6.07, 6.45) is 4.07. The van der Waals surface area contributed by atoms with Gasteiger partial charge in [0.2, 0.25) is 0 Å². The van der Waals surface area contributed by atoms with Gasteiger partial charge in [-0.15, -0.1) is 0 Å². The molecule has 0 heterocycles. The van der Waals surface area contributed by atoms with E-state index in [1.165, 1.54) is 0 Å². The van der Waals surface area contributed by atoms with E-state index in [-0.39, 0.29) is 0 Å². The smallest absolute Gasteiger partial charge is 0.0548 e. The van der Waals surface area contributed by atoms with Crippen molar-refractivity contribution in [2.45, 2.75) is 0 Å². The molecule has 0 bridgehead atoms. The number of hydrogen-bond acceptors (Lipinski definition) is 0. The van der Waals surface area contributed by atoms with Crippen LogP contribution in [0.2, 0.25) is 5.02 Å². The Morgan fingerprint density at radius 1 is 1.42 bits per heavy atom. The van der Waals surface area contributed by atoms with Crippen LogP contribution in [0, 0.1) is 0 Å². The Labute approximate surface area is 93.9 Å². The van der Waals surface area contributed by atoms with Crippen molar-refractivity contribution in [3.63, 3.8) is 0 Å². The van der Waals surface area contributed by atoms with E-state index in [0.29, 0.717) is 0 Å². The maximum atomic E-state index is 5.83. The fraction of sp³-hybridized carbons (Fsp3) is 0.111. The average Bonchev–Trinajstić information content (AvgIpc) is 2.07. The molecule has 0 aliphatic rings. The average molecular weight is 310 g/mol. The lowest BCUT2D eigenvalue weighted by molar-refractivity contribution is 1.60. The van der Waals surface area contributed by atoms with E-state index in [1.807, 2.05) is 30.4 Å². The molecule has 0 aromatic heterocycles. The van der Waals surface area contributed by atoms with Gasteiger partial charge in [0.25, 0.3) is 0 Å². The fourth-order valence-electron chi connectivity index (χ4n) is 0.797. The Hall–Kier alpha value is 0.210. The minimum atomic E-state index is 0.742. The Kier molecular flexibility index (Phi) is 4.33. The van der Waals surface area contributed by atoms with Gasteiger partial charge in [-0.05, 0) is 33.6 Å². The molecule has 0 atom stereocenters. The van der Waals surface area contributed by atoms with Gasteiger partial charge in [-0.3, -0.25) is 0 Å². The van der Waals surface area contributed by atoms with Crippen LogP contribution in [0.3, 0.4) is 0 Å². The lowest BCUT2D eigenvalue weighted by atomic mass is 10.2. The summed E-state index contributed by atoms with van der Waals surface area (Å²) in [5.74, 6) is 0. The number of benzene rings is 1. The monoisotopic (exact) mass is 308 g/mol. The SMILES string of the molecule is Clc1ccc(/C=C/CBr)cc1Br. The molecular weight excluding hydrogens is 303 g/mol. The van der Waals surface area contributed by atoms with Crippen molar-refractivity contribution in [1.82, 2.24) is 0 Å². The number of allylic oxidation sites excluding steroid dienone is 1. The number of halogens is 3. The lowest BCUT2D eigenvalue weighted by Crippen LogP contribution is -1.73. The van der Waals surface area contributed by atoms with E-state index in [4.69, 9.17) is 11.6 Å². The quantitative estimate of drug-likeness (QED) is 0.705. The van der Waals surface area contributed by atoms with Gasteiger partial charge in [0.05, 0.1) is 5.02 Å². The normalized spacial score (nSPS) is 10.9. The molecule has 0 aliphatic heterocycles. The highest BCUT2D eigenvalue weighted by molar-refractivity contribution is 9.10. The highest BCUT2D eigenvalue weighted by atomic mass is 79.9. The van der Waals surface area contributed by atoms with Crippen molar-refractivity contribution in [2.75, 3.05) is 5.33 Å². The van der Waals surface area contributed by atoms with Gasteiger partial charge < -0.3 is 0 Å². The van der Waals surface area contributed by atoms with Gasteiger partial charge in [-0.1, -0.05) is 45.7 Å². The molecule has 0 aliphatic carbocycles. The molecule has 0 spiro atoms. The van der Waals surface area contributed by atoms with Crippen molar-refractivity contribution in [3.8, 4) is 0 Å². The summed E-state index contributed by atoms with van der Waals surface area (Å²) in [6.45, 7) is 0. The Bertz CT molecular complexity index is 295. The predicted molar refractivity (Wildman–Crippen MR) is 62.0 cm³/mol. The van der Waals surface area contributed by atoms with Gasteiger partial charge in [-0.2, -0.15) is 0 Å². The van der Waals surface area contributed by atoms with E-state index in [1.54, 1.807) is 0 Å². The van der Waals surface area contributed by atoms with Crippen LogP contribution in [-0.2, 0) is 0 Å². The van der Waals surface area contributed by atoms with Crippen LogP contribution in [0.5, 0.6) is 0 Å². The zero-order valence-electron chi connectivity index (χ0n) is 6.23. The predicted octanol–water partition coefficient (Wildman–Crippen LogP) is 4.51. The number of hydrogen-bond donors (Lipinski definition) is 0. The summed E-state index contributed by atoms with van der Waals surface area (Å²) in [5, 5.41) is 1.61. The van der Waals surface area contributed by atoms with E-state index < -0.39 is 0 Å². The maximum Gasteiger partial charge on any atom is 0.0548 e. The molecule has 3 heteroatoms. The van der Waals surface area contributed by atoms with Crippen LogP contribution in [0.15, 0.2) is 28.7 Å². The molecule has 0 fully saturated rings. The number of rotatable bonds is 2. The van der Waals surface area contributed by atoms with E-state index >= 15 is 0 Å². The standard InChI is InChI=1S/C9H7Br2Cl/c10-5-1-2-7-3-4-9(12)8(11)6-7/h1-4,6H,5H2/b2-1+. The third kappa shape index (κ3) is 2.92. The maximum absolute atomic E-state index is 5.83. The molecule has 12 heavy (non-hydrogen) atoms. The number of alkyl halides is 1. The van der Waals surface area contributed by atoms with Crippen molar-refractivity contribution in [1.29, 1.82) is 0 Å². The second-order valence-corrected chi connectivity index (χ2v) is 4.14.